The van der Waals surface area contributed by atoms with E-state index in [9.17, 15) is 18.4 Å². The Bertz CT molecular complexity index is 1110. The summed E-state index contributed by atoms with van der Waals surface area (Å²) < 4.78 is 26.6. The van der Waals surface area contributed by atoms with Crippen molar-refractivity contribution in [1.29, 1.82) is 0 Å². The molecular formula is C24H17F2NO2S. The highest BCUT2D eigenvalue weighted by Crippen LogP contribution is 2.38. The quantitative estimate of drug-likeness (QED) is 0.515. The molecule has 1 aliphatic rings. The topological polar surface area (TPSA) is 37.4 Å². The lowest BCUT2D eigenvalue weighted by molar-refractivity contribution is -0.137. The lowest BCUT2D eigenvalue weighted by Crippen LogP contribution is -2.30. The van der Waals surface area contributed by atoms with Crippen LogP contribution in [0.1, 0.15) is 16.7 Å². The summed E-state index contributed by atoms with van der Waals surface area (Å²) in [4.78, 5) is 27.8. The van der Waals surface area contributed by atoms with Crippen LogP contribution in [-0.4, -0.2) is 16.7 Å². The second kappa shape index (κ2) is 8.63. The average molecular weight is 421 g/mol. The maximum atomic E-state index is 13.4. The number of halogens is 2. The molecule has 3 nitrogen and oxygen atoms in total. The standard InChI is InChI=1S/C24H17F2NO2S/c25-19-10-6-16(7-11-19)14-27-23(28)21(18-8-12-20(26)13-9-18)22(24(27)29)30-15-17-4-2-1-3-5-17/h1-13H,14-15H2. The van der Waals surface area contributed by atoms with Gasteiger partial charge in [0.05, 0.1) is 17.0 Å². The summed E-state index contributed by atoms with van der Waals surface area (Å²) in [7, 11) is 0. The number of amides is 2. The molecule has 1 aliphatic heterocycles. The third-order valence-corrected chi connectivity index (χ3v) is 5.88. The van der Waals surface area contributed by atoms with Gasteiger partial charge in [0.15, 0.2) is 0 Å². The second-order valence-electron chi connectivity index (χ2n) is 6.81. The van der Waals surface area contributed by atoms with Crippen molar-refractivity contribution >= 4 is 29.1 Å². The fraction of sp³-hybridized carbons (Fsp3) is 0.0833. The number of rotatable bonds is 6. The summed E-state index contributed by atoms with van der Waals surface area (Å²) in [5.41, 5.74) is 2.42. The van der Waals surface area contributed by atoms with Gasteiger partial charge in [-0.1, -0.05) is 54.6 Å². The minimum Gasteiger partial charge on any atom is -0.269 e. The van der Waals surface area contributed by atoms with E-state index >= 15 is 0 Å². The molecule has 0 N–H and O–H groups in total. The van der Waals surface area contributed by atoms with Crippen LogP contribution in [0.5, 0.6) is 0 Å². The zero-order valence-electron chi connectivity index (χ0n) is 15.8. The van der Waals surface area contributed by atoms with Gasteiger partial charge in [-0.3, -0.25) is 14.5 Å². The van der Waals surface area contributed by atoms with E-state index < -0.39 is 17.6 Å². The van der Waals surface area contributed by atoms with Gasteiger partial charge >= 0.3 is 0 Å². The van der Waals surface area contributed by atoms with Gasteiger partial charge in [-0.05, 0) is 41.0 Å². The first kappa shape index (κ1) is 20.0. The number of carbonyl (C=O) groups is 2. The fourth-order valence-corrected chi connectivity index (χ4v) is 4.29. The maximum absolute atomic E-state index is 13.4. The van der Waals surface area contributed by atoms with Crippen molar-refractivity contribution < 1.29 is 18.4 Å². The van der Waals surface area contributed by atoms with Crippen LogP contribution in [0.4, 0.5) is 8.78 Å². The van der Waals surface area contributed by atoms with E-state index in [1.165, 1.54) is 48.2 Å². The van der Waals surface area contributed by atoms with Crippen LogP contribution < -0.4 is 0 Å². The molecule has 0 bridgehead atoms. The average Bonchev–Trinajstić information content (AvgIpc) is 2.99. The molecule has 4 rings (SSSR count). The predicted octanol–water partition coefficient (Wildman–Crippen LogP) is 5.18. The van der Waals surface area contributed by atoms with E-state index in [4.69, 9.17) is 0 Å². The van der Waals surface area contributed by atoms with Crippen LogP contribution in [0, 0.1) is 11.6 Å². The molecule has 2 amide bonds. The molecule has 1 heterocycles. The predicted molar refractivity (Wildman–Crippen MR) is 113 cm³/mol. The molecule has 0 saturated carbocycles. The van der Waals surface area contributed by atoms with Crippen LogP contribution in [0.3, 0.4) is 0 Å². The lowest BCUT2D eigenvalue weighted by atomic mass is 10.1. The molecule has 0 aliphatic carbocycles. The number of hydrogen-bond acceptors (Lipinski definition) is 3. The summed E-state index contributed by atoms with van der Waals surface area (Å²) in [6.45, 7) is 0.0397. The molecule has 0 atom stereocenters. The molecule has 3 aromatic rings. The van der Waals surface area contributed by atoms with Gasteiger partial charge in [0, 0.05) is 5.75 Å². The zero-order chi connectivity index (χ0) is 21.1. The van der Waals surface area contributed by atoms with Gasteiger partial charge in [0.2, 0.25) is 0 Å². The van der Waals surface area contributed by atoms with Crippen LogP contribution in [0.2, 0.25) is 0 Å². The Hall–Kier alpha value is -3.25. The van der Waals surface area contributed by atoms with Crippen molar-refractivity contribution in [1.82, 2.24) is 4.90 Å². The molecule has 0 fully saturated rings. The van der Waals surface area contributed by atoms with Crippen LogP contribution in [0.15, 0.2) is 83.8 Å². The minimum absolute atomic E-state index is 0.0397. The molecule has 0 unspecified atom stereocenters. The monoisotopic (exact) mass is 421 g/mol. The van der Waals surface area contributed by atoms with E-state index in [1.807, 2.05) is 30.3 Å². The Labute approximate surface area is 177 Å². The van der Waals surface area contributed by atoms with Gasteiger partial charge in [-0.2, -0.15) is 0 Å². The van der Waals surface area contributed by atoms with Crippen molar-refractivity contribution in [2.45, 2.75) is 12.3 Å². The summed E-state index contributed by atoms with van der Waals surface area (Å²) in [5, 5.41) is 0. The smallest absolute Gasteiger partial charge is 0.268 e. The SMILES string of the molecule is O=C1C(SCc2ccccc2)=C(c2ccc(F)cc2)C(=O)N1Cc1ccc(F)cc1. The van der Waals surface area contributed by atoms with E-state index in [0.29, 0.717) is 21.8 Å². The fourth-order valence-electron chi connectivity index (χ4n) is 3.20. The Morgan fingerprint density at radius 1 is 0.700 bits per heavy atom. The molecular weight excluding hydrogens is 404 g/mol. The van der Waals surface area contributed by atoms with Gasteiger partial charge in [0.1, 0.15) is 11.6 Å². The highest BCUT2D eigenvalue weighted by atomic mass is 32.2. The first-order valence-electron chi connectivity index (χ1n) is 9.30. The summed E-state index contributed by atoms with van der Waals surface area (Å²) >= 11 is 1.29. The molecule has 150 valence electrons. The number of benzene rings is 3. The normalized spacial score (nSPS) is 14.0. The van der Waals surface area contributed by atoms with Gasteiger partial charge in [-0.15, -0.1) is 11.8 Å². The highest BCUT2D eigenvalue weighted by Gasteiger charge is 2.39. The summed E-state index contributed by atoms with van der Waals surface area (Å²) in [6.07, 6.45) is 0. The Kier molecular flexibility index (Phi) is 5.77. The molecule has 3 aromatic carbocycles. The van der Waals surface area contributed by atoms with Crippen LogP contribution in [0.25, 0.3) is 5.57 Å². The Balaban J connectivity index is 1.66. The van der Waals surface area contributed by atoms with Gasteiger partial charge in [-0.25, -0.2) is 8.78 Å². The molecule has 6 heteroatoms. The molecule has 30 heavy (non-hydrogen) atoms. The van der Waals surface area contributed by atoms with E-state index in [-0.39, 0.29) is 17.9 Å². The van der Waals surface area contributed by atoms with Crippen molar-refractivity contribution in [2.75, 3.05) is 0 Å². The highest BCUT2D eigenvalue weighted by molar-refractivity contribution is 8.03. The van der Waals surface area contributed by atoms with Gasteiger partial charge < -0.3 is 0 Å². The lowest BCUT2D eigenvalue weighted by Gasteiger charge is -2.15. The first-order chi connectivity index (χ1) is 14.5. The van der Waals surface area contributed by atoms with Crippen LogP contribution in [-0.2, 0) is 21.9 Å². The first-order valence-corrected chi connectivity index (χ1v) is 10.3. The molecule has 0 saturated heterocycles. The second-order valence-corrected chi connectivity index (χ2v) is 7.79. The zero-order valence-corrected chi connectivity index (χ0v) is 16.7. The van der Waals surface area contributed by atoms with E-state index in [0.717, 1.165) is 10.5 Å². The third kappa shape index (κ3) is 4.19. The largest absolute Gasteiger partial charge is 0.269 e. The number of carbonyl (C=O) groups excluding carboxylic acids is 2. The Morgan fingerprint density at radius 2 is 1.30 bits per heavy atom. The Morgan fingerprint density at radius 3 is 1.93 bits per heavy atom. The number of imide groups is 1. The van der Waals surface area contributed by atoms with E-state index in [2.05, 4.69) is 0 Å². The van der Waals surface area contributed by atoms with Gasteiger partial charge in [0.25, 0.3) is 11.8 Å². The molecule has 0 spiro atoms. The number of hydrogen-bond donors (Lipinski definition) is 0. The maximum Gasteiger partial charge on any atom is 0.268 e. The molecule has 0 aromatic heterocycles. The van der Waals surface area contributed by atoms with Crippen molar-refractivity contribution in [2.24, 2.45) is 0 Å². The number of thioether (sulfide) groups is 1. The van der Waals surface area contributed by atoms with Crippen molar-refractivity contribution in [3.05, 3.63) is 112 Å². The summed E-state index contributed by atoms with van der Waals surface area (Å²) in [6, 6.07) is 20.8. The van der Waals surface area contributed by atoms with E-state index in [1.54, 1.807) is 12.1 Å². The van der Waals surface area contributed by atoms with Crippen molar-refractivity contribution in [3.8, 4) is 0 Å². The summed E-state index contributed by atoms with van der Waals surface area (Å²) in [5.74, 6) is -1.12. The van der Waals surface area contributed by atoms with Crippen LogP contribution >= 0.6 is 11.8 Å². The third-order valence-electron chi connectivity index (χ3n) is 4.74. The number of nitrogens with zero attached hydrogens (tertiary/aromatic N) is 1. The van der Waals surface area contributed by atoms with Crippen molar-refractivity contribution in [3.63, 3.8) is 0 Å². The molecule has 0 radical (unpaired) electrons. The minimum atomic E-state index is -0.438.